The van der Waals surface area contributed by atoms with Crippen molar-refractivity contribution in [1.82, 2.24) is 10.6 Å². The maximum Gasteiger partial charge on any atom is 0.407 e. The highest BCUT2D eigenvalue weighted by atomic mass is 16.5. The van der Waals surface area contributed by atoms with Crippen molar-refractivity contribution in [1.29, 1.82) is 0 Å². The number of carboxylic acids is 1. The summed E-state index contributed by atoms with van der Waals surface area (Å²) in [6.07, 6.45) is 1.68. The van der Waals surface area contributed by atoms with E-state index in [1.54, 1.807) is 0 Å². The highest BCUT2D eigenvalue weighted by Crippen LogP contribution is 2.44. The summed E-state index contributed by atoms with van der Waals surface area (Å²) in [4.78, 5) is 36.5. The van der Waals surface area contributed by atoms with E-state index in [4.69, 9.17) is 9.84 Å². The third-order valence-corrected chi connectivity index (χ3v) is 6.92. The first-order valence-corrected chi connectivity index (χ1v) is 12.0. The predicted molar refractivity (Wildman–Crippen MR) is 128 cm³/mol. The molecule has 180 valence electrons. The maximum absolute atomic E-state index is 12.9. The first kappa shape index (κ1) is 23.8. The van der Waals surface area contributed by atoms with Gasteiger partial charge in [0, 0.05) is 18.4 Å². The van der Waals surface area contributed by atoms with Crippen LogP contribution < -0.4 is 10.6 Å². The van der Waals surface area contributed by atoms with Crippen LogP contribution in [-0.2, 0) is 14.3 Å². The van der Waals surface area contributed by atoms with Gasteiger partial charge in [-0.15, -0.1) is 0 Å². The second kappa shape index (κ2) is 10.3. The van der Waals surface area contributed by atoms with E-state index in [0.717, 1.165) is 35.1 Å². The number of aliphatic carboxylic acids is 1. The predicted octanol–water partition coefficient (Wildman–Crippen LogP) is 4.31. The van der Waals surface area contributed by atoms with Gasteiger partial charge in [-0.2, -0.15) is 0 Å². The molecule has 1 saturated carbocycles. The molecule has 2 aromatic carbocycles. The van der Waals surface area contributed by atoms with Crippen molar-refractivity contribution in [2.24, 2.45) is 11.8 Å². The molecule has 4 rings (SSSR count). The van der Waals surface area contributed by atoms with E-state index < -0.39 is 18.1 Å². The van der Waals surface area contributed by atoms with E-state index in [0.29, 0.717) is 6.42 Å². The third kappa shape index (κ3) is 5.24. The van der Waals surface area contributed by atoms with Gasteiger partial charge in [-0.25, -0.2) is 4.79 Å². The molecule has 0 aliphatic heterocycles. The van der Waals surface area contributed by atoms with Gasteiger partial charge in [-0.05, 0) is 53.4 Å². The topological polar surface area (TPSA) is 105 Å². The lowest BCUT2D eigenvalue weighted by atomic mass is 9.98. The molecule has 2 aliphatic rings. The Morgan fingerprint density at radius 1 is 1.00 bits per heavy atom. The van der Waals surface area contributed by atoms with Crippen LogP contribution in [0.2, 0.25) is 0 Å². The minimum Gasteiger partial charge on any atom is -0.481 e. The van der Waals surface area contributed by atoms with Crippen LogP contribution in [0.1, 0.15) is 56.6 Å². The summed E-state index contributed by atoms with van der Waals surface area (Å²) in [6.45, 7) is 3.93. The summed E-state index contributed by atoms with van der Waals surface area (Å²) < 4.78 is 5.61. The van der Waals surface area contributed by atoms with Crippen molar-refractivity contribution in [3.63, 3.8) is 0 Å². The van der Waals surface area contributed by atoms with Gasteiger partial charge in [0.25, 0.3) is 0 Å². The van der Waals surface area contributed by atoms with Crippen LogP contribution in [0.5, 0.6) is 0 Å². The average Bonchev–Trinajstić information content (AvgIpc) is 3.37. The molecule has 0 radical (unpaired) electrons. The lowest BCUT2D eigenvalue weighted by Gasteiger charge is -2.24. The van der Waals surface area contributed by atoms with Gasteiger partial charge in [0.1, 0.15) is 12.6 Å². The molecule has 3 N–H and O–H groups in total. The second-order valence-electron chi connectivity index (χ2n) is 9.67. The number of alkyl carbamates (subject to hydrolysis) is 1. The van der Waals surface area contributed by atoms with Crippen LogP contribution >= 0.6 is 0 Å². The highest BCUT2D eigenvalue weighted by molar-refractivity contribution is 5.86. The molecule has 0 heterocycles. The van der Waals surface area contributed by atoms with Crippen LogP contribution in [0.15, 0.2) is 48.5 Å². The first-order chi connectivity index (χ1) is 16.3. The Hall–Kier alpha value is -3.35. The quantitative estimate of drug-likeness (QED) is 0.540. The van der Waals surface area contributed by atoms with E-state index in [9.17, 15) is 14.4 Å². The van der Waals surface area contributed by atoms with Gasteiger partial charge >= 0.3 is 12.1 Å². The van der Waals surface area contributed by atoms with Crippen LogP contribution in [0, 0.1) is 11.8 Å². The molecule has 2 amide bonds. The molecular formula is C27H32N2O5. The van der Waals surface area contributed by atoms with Crippen molar-refractivity contribution >= 4 is 18.0 Å². The number of hydrogen-bond acceptors (Lipinski definition) is 4. The molecule has 2 aliphatic carbocycles. The normalized spacial score (nSPS) is 19.9. The third-order valence-electron chi connectivity index (χ3n) is 6.92. The number of fused-ring (bicyclic) bond motifs is 3. The summed E-state index contributed by atoms with van der Waals surface area (Å²) in [5.41, 5.74) is 4.58. The summed E-state index contributed by atoms with van der Waals surface area (Å²) in [5.74, 6) is -1.17. The Morgan fingerprint density at radius 3 is 2.21 bits per heavy atom. The molecule has 2 aromatic rings. The van der Waals surface area contributed by atoms with Crippen LogP contribution in [-0.4, -0.2) is 41.8 Å². The number of amides is 2. The molecule has 7 nitrogen and oxygen atoms in total. The SMILES string of the molecule is CC(C)[C@H](NC(=O)OCC1c2ccccc2-c2ccccc21)C(=O)N[C@@H]1CC[C@H](CC(=O)O)C1. The van der Waals surface area contributed by atoms with Crippen molar-refractivity contribution in [3.05, 3.63) is 59.7 Å². The molecule has 0 aromatic heterocycles. The van der Waals surface area contributed by atoms with E-state index in [2.05, 4.69) is 34.9 Å². The van der Waals surface area contributed by atoms with Crippen molar-refractivity contribution in [2.75, 3.05) is 6.61 Å². The van der Waals surface area contributed by atoms with E-state index in [-0.39, 0.29) is 42.7 Å². The van der Waals surface area contributed by atoms with Gasteiger partial charge < -0.3 is 20.5 Å². The van der Waals surface area contributed by atoms with Gasteiger partial charge in [0.15, 0.2) is 0 Å². The number of rotatable bonds is 8. The zero-order chi connectivity index (χ0) is 24.2. The fourth-order valence-electron chi connectivity index (χ4n) is 5.23. The fraction of sp³-hybridized carbons (Fsp3) is 0.444. The van der Waals surface area contributed by atoms with Gasteiger partial charge in [-0.1, -0.05) is 62.4 Å². The van der Waals surface area contributed by atoms with Crippen molar-refractivity contribution < 1.29 is 24.2 Å². The van der Waals surface area contributed by atoms with Crippen molar-refractivity contribution in [2.45, 2.75) is 57.5 Å². The molecule has 0 bridgehead atoms. The Balaban J connectivity index is 1.34. The minimum absolute atomic E-state index is 0.0471. The zero-order valence-electron chi connectivity index (χ0n) is 19.6. The molecule has 34 heavy (non-hydrogen) atoms. The van der Waals surface area contributed by atoms with E-state index >= 15 is 0 Å². The largest absolute Gasteiger partial charge is 0.481 e. The molecule has 7 heteroatoms. The Morgan fingerprint density at radius 2 is 1.62 bits per heavy atom. The number of carbonyl (C=O) groups is 3. The zero-order valence-corrected chi connectivity index (χ0v) is 19.6. The smallest absolute Gasteiger partial charge is 0.407 e. The molecule has 0 spiro atoms. The molecule has 0 saturated heterocycles. The fourth-order valence-corrected chi connectivity index (χ4v) is 5.23. The molecule has 3 atom stereocenters. The number of carbonyl (C=O) groups excluding carboxylic acids is 2. The first-order valence-electron chi connectivity index (χ1n) is 12.0. The number of hydrogen-bond donors (Lipinski definition) is 3. The van der Waals surface area contributed by atoms with E-state index in [1.807, 2.05) is 38.1 Å². The lowest BCUT2D eigenvalue weighted by Crippen LogP contribution is -2.52. The van der Waals surface area contributed by atoms with Gasteiger partial charge in [0.2, 0.25) is 5.91 Å². The summed E-state index contributed by atoms with van der Waals surface area (Å²) in [5, 5.41) is 14.7. The monoisotopic (exact) mass is 464 g/mol. The summed E-state index contributed by atoms with van der Waals surface area (Å²) >= 11 is 0. The Kier molecular flexibility index (Phi) is 7.20. The number of benzene rings is 2. The maximum atomic E-state index is 12.9. The number of carboxylic acid groups (broad SMARTS) is 1. The average molecular weight is 465 g/mol. The summed E-state index contributed by atoms with van der Waals surface area (Å²) in [7, 11) is 0. The molecule has 1 fully saturated rings. The highest BCUT2D eigenvalue weighted by Gasteiger charge is 2.32. The second-order valence-corrected chi connectivity index (χ2v) is 9.67. The molecular weight excluding hydrogens is 432 g/mol. The minimum atomic E-state index is -0.811. The van der Waals surface area contributed by atoms with Gasteiger partial charge in [-0.3, -0.25) is 9.59 Å². The standard InChI is InChI=1S/C27H32N2O5/c1-16(2)25(26(32)28-18-12-11-17(13-18)14-24(30)31)29-27(33)34-15-23-21-9-5-3-7-19(21)20-8-4-6-10-22(20)23/h3-10,16-18,23,25H,11-15H2,1-2H3,(H,28,32)(H,29,33)(H,30,31)/t17-,18+,25-/m0/s1. The van der Waals surface area contributed by atoms with Crippen molar-refractivity contribution in [3.8, 4) is 11.1 Å². The van der Waals surface area contributed by atoms with Crippen LogP contribution in [0.3, 0.4) is 0 Å². The number of ether oxygens (including phenoxy) is 1. The van der Waals surface area contributed by atoms with E-state index in [1.165, 1.54) is 0 Å². The van der Waals surface area contributed by atoms with Crippen LogP contribution in [0.4, 0.5) is 4.79 Å². The Bertz CT molecular complexity index is 1020. The van der Waals surface area contributed by atoms with Crippen LogP contribution in [0.25, 0.3) is 11.1 Å². The Labute approximate surface area is 199 Å². The van der Waals surface area contributed by atoms with Gasteiger partial charge in [0.05, 0.1) is 0 Å². The number of nitrogens with one attached hydrogen (secondary N) is 2. The molecule has 0 unspecified atom stereocenters. The lowest BCUT2D eigenvalue weighted by molar-refractivity contribution is -0.138. The summed E-state index contributed by atoms with van der Waals surface area (Å²) in [6, 6.07) is 15.5.